The minimum Gasteiger partial charge on any atom is -0.378 e. The number of hydrogen-bond donors (Lipinski definition) is 1. The number of aryl methyl sites for hydroxylation is 2. The summed E-state index contributed by atoms with van der Waals surface area (Å²) in [5.41, 5.74) is 3.31. The molecule has 1 aromatic carbocycles. The molecule has 1 unspecified atom stereocenters. The van der Waals surface area contributed by atoms with Crippen molar-refractivity contribution in [2.24, 2.45) is 0 Å². The van der Waals surface area contributed by atoms with E-state index in [1.165, 1.54) is 0 Å². The van der Waals surface area contributed by atoms with Crippen molar-refractivity contribution in [3.63, 3.8) is 0 Å². The molecule has 0 spiro atoms. The fourth-order valence-electron chi connectivity index (χ4n) is 3.25. The van der Waals surface area contributed by atoms with Crippen molar-refractivity contribution in [2.75, 3.05) is 36.5 Å². The number of morpholine rings is 1. The smallest absolute Gasteiger partial charge is 0.232 e. The summed E-state index contributed by atoms with van der Waals surface area (Å²) in [6.45, 7) is 8.81. The highest BCUT2D eigenvalue weighted by molar-refractivity contribution is 5.96. The van der Waals surface area contributed by atoms with Crippen LogP contribution in [0.4, 0.5) is 11.6 Å². The number of aromatic nitrogens is 2. The Labute approximate surface area is 154 Å². The standard InChI is InChI=1S/C20H26N4O2/c1-4-17(16-8-6-5-7-9-16)19(25)23-18-14(2)21-20(22-15(18)3)24-10-12-26-13-11-24/h5-9,17H,4,10-13H2,1-3H3,(H,23,25). The van der Waals surface area contributed by atoms with Crippen molar-refractivity contribution in [3.05, 3.63) is 47.3 Å². The average molecular weight is 354 g/mol. The zero-order valence-electron chi connectivity index (χ0n) is 15.7. The van der Waals surface area contributed by atoms with Crippen LogP contribution in [0.15, 0.2) is 30.3 Å². The van der Waals surface area contributed by atoms with E-state index in [1.54, 1.807) is 0 Å². The number of rotatable bonds is 5. The first-order valence-electron chi connectivity index (χ1n) is 9.14. The lowest BCUT2D eigenvalue weighted by Gasteiger charge is -2.27. The van der Waals surface area contributed by atoms with Crippen LogP contribution in [0.2, 0.25) is 0 Å². The van der Waals surface area contributed by atoms with Crippen LogP contribution < -0.4 is 10.2 Å². The quantitative estimate of drug-likeness (QED) is 0.894. The highest BCUT2D eigenvalue weighted by Gasteiger charge is 2.22. The van der Waals surface area contributed by atoms with E-state index < -0.39 is 0 Å². The highest BCUT2D eigenvalue weighted by Crippen LogP contribution is 2.25. The first kappa shape index (κ1) is 18.3. The predicted molar refractivity (Wildman–Crippen MR) is 103 cm³/mol. The van der Waals surface area contributed by atoms with Crippen LogP contribution >= 0.6 is 0 Å². The average Bonchev–Trinajstić information content (AvgIpc) is 2.66. The van der Waals surface area contributed by atoms with Gasteiger partial charge >= 0.3 is 0 Å². The molecule has 1 fully saturated rings. The van der Waals surface area contributed by atoms with Gasteiger partial charge in [-0.2, -0.15) is 0 Å². The summed E-state index contributed by atoms with van der Waals surface area (Å²) in [6.07, 6.45) is 0.737. The van der Waals surface area contributed by atoms with E-state index in [2.05, 4.69) is 20.2 Å². The van der Waals surface area contributed by atoms with Crippen molar-refractivity contribution >= 4 is 17.5 Å². The van der Waals surface area contributed by atoms with Crippen molar-refractivity contribution in [1.29, 1.82) is 0 Å². The molecule has 138 valence electrons. The second-order valence-electron chi connectivity index (χ2n) is 6.53. The lowest BCUT2D eigenvalue weighted by atomic mass is 9.95. The van der Waals surface area contributed by atoms with E-state index in [0.29, 0.717) is 24.8 Å². The van der Waals surface area contributed by atoms with Crippen molar-refractivity contribution in [3.8, 4) is 0 Å². The Morgan fingerprint density at radius 2 is 1.77 bits per heavy atom. The number of nitrogens with zero attached hydrogens (tertiary/aromatic N) is 3. The van der Waals surface area contributed by atoms with Crippen LogP contribution in [-0.4, -0.2) is 42.2 Å². The normalized spacial score (nSPS) is 15.6. The molecule has 0 radical (unpaired) electrons. The van der Waals surface area contributed by atoms with Gasteiger partial charge in [-0.15, -0.1) is 0 Å². The molecule has 6 heteroatoms. The largest absolute Gasteiger partial charge is 0.378 e. The molecule has 6 nitrogen and oxygen atoms in total. The maximum absolute atomic E-state index is 12.8. The molecule has 0 bridgehead atoms. The summed E-state index contributed by atoms with van der Waals surface area (Å²) in [5.74, 6) is 0.498. The van der Waals surface area contributed by atoms with Gasteiger partial charge in [-0.05, 0) is 25.8 Å². The number of carbonyl (C=O) groups excluding carboxylic acids is 1. The molecule has 1 aromatic heterocycles. The fraction of sp³-hybridized carbons (Fsp3) is 0.450. The van der Waals surface area contributed by atoms with Gasteiger partial charge in [0.05, 0.1) is 36.2 Å². The van der Waals surface area contributed by atoms with Crippen molar-refractivity contribution < 1.29 is 9.53 Å². The Kier molecular flexibility index (Phi) is 5.83. The number of anilines is 2. The van der Waals surface area contributed by atoms with E-state index >= 15 is 0 Å². The molecule has 2 aromatic rings. The summed E-state index contributed by atoms with van der Waals surface area (Å²) < 4.78 is 5.38. The highest BCUT2D eigenvalue weighted by atomic mass is 16.5. The molecule has 0 saturated carbocycles. The summed E-state index contributed by atoms with van der Waals surface area (Å²) in [7, 11) is 0. The minimum absolute atomic E-state index is 0.0207. The molecule has 1 atom stereocenters. The number of amides is 1. The predicted octanol–water partition coefficient (Wildman–Crippen LogP) is 3.06. The zero-order valence-corrected chi connectivity index (χ0v) is 15.7. The number of benzene rings is 1. The van der Waals surface area contributed by atoms with Gasteiger partial charge in [-0.25, -0.2) is 9.97 Å². The third kappa shape index (κ3) is 4.02. The molecule has 0 aliphatic carbocycles. The van der Waals surface area contributed by atoms with E-state index in [-0.39, 0.29) is 11.8 Å². The van der Waals surface area contributed by atoms with Gasteiger partial charge < -0.3 is 15.0 Å². The molecule has 1 aliphatic heterocycles. The molecule has 26 heavy (non-hydrogen) atoms. The van der Waals surface area contributed by atoms with E-state index in [4.69, 9.17) is 4.74 Å². The van der Waals surface area contributed by atoms with Crippen LogP contribution in [0.1, 0.15) is 36.2 Å². The summed E-state index contributed by atoms with van der Waals surface area (Å²) in [5, 5.41) is 3.05. The molecular weight excluding hydrogens is 328 g/mol. The Morgan fingerprint density at radius 1 is 1.15 bits per heavy atom. The summed E-state index contributed by atoms with van der Waals surface area (Å²) in [4.78, 5) is 24.2. The maximum atomic E-state index is 12.8. The molecule has 1 N–H and O–H groups in total. The van der Waals surface area contributed by atoms with Crippen molar-refractivity contribution in [1.82, 2.24) is 9.97 Å². The number of hydrogen-bond acceptors (Lipinski definition) is 5. The molecule has 1 saturated heterocycles. The fourth-order valence-corrected chi connectivity index (χ4v) is 3.25. The second-order valence-corrected chi connectivity index (χ2v) is 6.53. The Morgan fingerprint density at radius 3 is 2.35 bits per heavy atom. The van der Waals surface area contributed by atoms with Crippen molar-refractivity contribution in [2.45, 2.75) is 33.1 Å². The number of nitrogens with one attached hydrogen (secondary N) is 1. The van der Waals surface area contributed by atoms with Gasteiger partial charge in [0.2, 0.25) is 11.9 Å². The Hall–Kier alpha value is -2.47. The van der Waals surface area contributed by atoms with Gasteiger partial charge in [0.15, 0.2) is 0 Å². The molecule has 1 aliphatic rings. The lowest BCUT2D eigenvalue weighted by Crippen LogP contribution is -2.37. The minimum atomic E-state index is -0.186. The first-order chi connectivity index (χ1) is 12.6. The Bertz CT molecular complexity index is 735. The van der Waals surface area contributed by atoms with Gasteiger partial charge in [0.1, 0.15) is 0 Å². The van der Waals surface area contributed by atoms with Gasteiger partial charge in [0, 0.05) is 13.1 Å². The Balaban J connectivity index is 1.79. The topological polar surface area (TPSA) is 67.4 Å². The third-order valence-electron chi connectivity index (χ3n) is 4.73. The first-order valence-corrected chi connectivity index (χ1v) is 9.14. The van der Waals surface area contributed by atoms with E-state index in [0.717, 1.165) is 36.5 Å². The SMILES string of the molecule is CCC(C(=O)Nc1c(C)nc(N2CCOCC2)nc1C)c1ccccc1. The maximum Gasteiger partial charge on any atom is 0.232 e. The van der Waals surface area contributed by atoms with Crippen LogP contribution in [-0.2, 0) is 9.53 Å². The van der Waals surface area contributed by atoms with Gasteiger partial charge in [0.25, 0.3) is 0 Å². The van der Waals surface area contributed by atoms with Crippen LogP contribution in [0, 0.1) is 13.8 Å². The lowest BCUT2D eigenvalue weighted by molar-refractivity contribution is -0.117. The molecule has 2 heterocycles. The molecule has 3 rings (SSSR count). The van der Waals surface area contributed by atoms with Gasteiger partial charge in [-0.3, -0.25) is 4.79 Å². The number of carbonyl (C=O) groups is 1. The van der Waals surface area contributed by atoms with E-state index in [1.807, 2.05) is 51.1 Å². The monoisotopic (exact) mass is 354 g/mol. The molecular formula is C20H26N4O2. The van der Waals surface area contributed by atoms with Crippen LogP contribution in [0.25, 0.3) is 0 Å². The second kappa shape index (κ2) is 8.27. The van der Waals surface area contributed by atoms with E-state index in [9.17, 15) is 4.79 Å². The number of ether oxygens (including phenoxy) is 1. The van der Waals surface area contributed by atoms with Crippen LogP contribution in [0.3, 0.4) is 0 Å². The summed E-state index contributed by atoms with van der Waals surface area (Å²) >= 11 is 0. The zero-order chi connectivity index (χ0) is 18.5. The summed E-state index contributed by atoms with van der Waals surface area (Å²) in [6, 6.07) is 9.86. The van der Waals surface area contributed by atoms with Gasteiger partial charge in [-0.1, -0.05) is 37.3 Å². The molecule has 1 amide bonds. The third-order valence-corrected chi connectivity index (χ3v) is 4.73. The van der Waals surface area contributed by atoms with Crippen LogP contribution in [0.5, 0.6) is 0 Å².